The standard InChI is InChI=1S/C20H18N2O2S/c1-12-5-4-6-14-11-16-19(24-17(12)14)21-18(22-20(16)25-3)13-7-9-15(23-2)10-8-13/h4-10H,11H2,1-3H3. The highest BCUT2D eigenvalue weighted by atomic mass is 32.2. The summed E-state index contributed by atoms with van der Waals surface area (Å²) in [5, 5.41) is 0.961. The molecule has 1 aromatic heterocycles. The maximum absolute atomic E-state index is 6.17. The van der Waals surface area contributed by atoms with E-state index in [2.05, 4.69) is 25.1 Å². The second kappa shape index (κ2) is 6.41. The van der Waals surface area contributed by atoms with Crippen LogP contribution in [0.25, 0.3) is 11.4 Å². The van der Waals surface area contributed by atoms with Gasteiger partial charge in [0, 0.05) is 12.0 Å². The topological polar surface area (TPSA) is 44.2 Å². The van der Waals surface area contributed by atoms with E-state index in [-0.39, 0.29) is 0 Å². The summed E-state index contributed by atoms with van der Waals surface area (Å²) in [6, 6.07) is 14.0. The predicted molar refractivity (Wildman–Crippen MR) is 99.9 cm³/mol. The van der Waals surface area contributed by atoms with Crippen molar-refractivity contribution in [3.63, 3.8) is 0 Å². The van der Waals surface area contributed by atoms with Crippen molar-refractivity contribution in [3.8, 4) is 28.8 Å². The molecule has 4 rings (SSSR count). The summed E-state index contributed by atoms with van der Waals surface area (Å²) < 4.78 is 11.4. The zero-order valence-electron chi connectivity index (χ0n) is 14.4. The molecule has 5 heteroatoms. The molecule has 1 aliphatic heterocycles. The molecule has 1 aliphatic rings. The molecule has 2 heterocycles. The number of nitrogens with zero attached hydrogens (tertiary/aromatic N) is 2. The van der Waals surface area contributed by atoms with Crippen molar-refractivity contribution < 1.29 is 9.47 Å². The Labute approximate surface area is 151 Å². The van der Waals surface area contributed by atoms with Gasteiger partial charge in [-0.25, -0.2) is 4.98 Å². The number of hydrogen-bond donors (Lipinski definition) is 0. The van der Waals surface area contributed by atoms with E-state index >= 15 is 0 Å². The van der Waals surface area contributed by atoms with Crippen LogP contribution in [0, 0.1) is 6.92 Å². The van der Waals surface area contributed by atoms with Gasteiger partial charge in [-0.3, -0.25) is 0 Å². The number of aromatic nitrogens is 2. The van der Waals surface area contributed by atoms with E-state index < -0.39 is 0 Å². The molecule has 3 aromatic rings. The summed E-state index contributed by atoms with van der Waals surface area (Å²) in [5.74, 6) is 3.06. The van der Waals surface area contributed by atoms with E-state index in [0.29, 0.717) is 11.7 Å². The zero-order valence-corrected chi connectivity index (χ0v) is 15.2. The van der Waals surface area contributed by atoms with Gasteiger partial charge >= 0.3 is 0 Å². The summed E-state index contributed by atoms with van der Waals surface area (Å²) in [6.07, 6.45) is 2.83. The first-order chi connectivity index (χ1) is 12.2. The summed E-state index contributed by atoms with van der Waals surface area (Å²) in [6.45, 7) is 2.06. The van der Waals surface area contributed by atoms with Crippen LogP contribution in [0.2, 0.25) is 0 Å². The number of rotatable bonds is 3. The third-order valence-corrected chi connectivity index (χ3v) is 5.06. The van der Waals surface area contributed by atoms with Gasteiger partial charge in [0.05, 0.1) is 12.7 Å². The van der Waals surface area contributed by atoms with Gasteiger partial charge in [-0.05, 0) is 48.6 Å². The highest BCUT2D eigenvalue weighted by Crippen LogP contribution is 2.41. The zero-order chi connectivity index (χ0) is 17.4. The highest BCUT2D eigenvalue weighted by molar-refractivity contribution is 7.98. The molecule has 2 aromatic carbocycles. The molecular weight excluding hydrogens is 332 g/mol. The Hall–Kier alpha value is -2.53. The van der Waals surface area contributed by atoms with Crippen LogP contribution in [-0.4, -0.2) is 23.3 Å². The third-order valence-electron chi connectivity index (χ3n) is 4.33. The largest absolute Gasteiger partial charge is 0.497 e. The van der Waals surface area contributed by atoms with Gasteiger partial charge in [0.15, 0.2) is 5.82 Å². The van der Waals surface area contributed by atoms with Gasteiger partial charge in [0.2, 0.25) is 5.88 Å². The van der Waals surface area contributed by atoms with Gasteiger partial charge < -0.3 is 9.47 Å². The number of hydrogen-bond acceptors (Lipinski definition) is 5. The van der Waals surface area contributed by atoms with Crippen LogP contribution < -0.4 is 9.47 Å². The lowest BCUT2D eigenvalue weighted by molar-refractivity contribution is 0.415. The number of benzene rings is 2. The third kappa shape index (κ3) is 2.85. The van der Waals surface area contributed by atoms with Crippen LogP contribution in [0.3, 0.4) is 0 Å². The van der Waals surface area contributed by atoms with E-state index in [1.807, 2.05) is 30.5 Å². The van der Waals surface area contributed by atoms with Gasteiger partial charge in [-0.2, -0.15) is 4.98 Å². The van der Waals surface area contributed by atoms with Gasteiger partial charge in [-0.15, -0.1) is 11.8 Å². The minimum absolute atomic E-state index is 0.659. The van der Waals surface area contributed by atoms with E-state index in [0.717, 1.165) is 39.6 Å². The van der Waals surface area contributed by atoms with Crippen molar-refractivity contribution in [2.45, 2.75) is 18.4 Å². The Morgan fingerprint density at radius 2 is 1.88 bits per heavy atom. The summed E-state index contributed by atoms with van der Waals surface area (Å²) in [7, 11) is 1.66. The number of ether oxygens (including phenoxy) is 2. The number of fused-ring (bicyclic) bond motifs is 2. The lowest BCUT2D eigenvalue weighted by atomic mass is 10.0. The van der Waals surface area contributed by atoms with Crippen molar-refractivity contribution in [2.24, 2.45) is 0 Å². The normalized spacial score (nSPS) is 12.1. The average molecular weight is 350 g/mol. The average Bonchev–Trinajstić information content (AvgIpc) is 2.66. The molecule has 126 valence electrons. The molecule has 0 saturated carbocycles. The number of para-hydroxylation sites is 1. The molecule has 0 radical (unpaired) electrons. The Morgan fingerprint density at radius 1 is 1.08 bits per heavy atom. The minimum atomic E-state index is 0.659. The minimum Gasteiger partial charge on any atom is -0.497 e. The Morgan fingerprint density at radius 3 is 2.60 bits per heavy atom. The molecule has 0 aliphatic carbocycles. The monoisotopic (exact) mass is 350 g/mol. The number of thioether (sulfide) groups is 1. The first-order valence-electron chi connectivity index (χ1n) is 8.05. The van der Waals surface area contributed by atoms with Crippen LogP contribution in [0.4, 0.5) is 0 Å². The fourth-order valence-corrected chi connectivity index (χ4v) is 3.59. The van der Waals surface area contributed by atoms with Crippen LogP contribution in [-0.2, 0) is 6.42 Å². The van der Waals surface area contributed by atoms with Gasteiger partial charge in [0.25, 0.3) is 0 Å². The lowest BCUT2D eigenvalue weighted by Crippen LogP contribution is -2.09. The smallest absolute Gasteiger partial charge is 0.227 e. The number of aryl methyl sites for hydroxylation is 1. The quantitative estimate of drug-likeness (QED) is 0.389. The molecule has 0 N–H and O–H groups in total. The Kier molecular flexibility index (Phi) is 4.09. The molecule has 25 heavy (non-hydrogen) atoms. The summed E-state index contributed by atoms with van der Waals surface area (Å²) in [4.78, 5) is 9.46. The summed E-state index contributed by atoms with van der Waals surface area (Å²) >= 11 is 1.62. The second-order valence-electron chi connectivity index (χ2n) is 5.91. The molecule has 0 amide bonds. The van der Waals surface area contributed by atoms with Crippen LogP contribution in [0.5, 0.6) is 17.4 Å². The molecule has 0 bridgehead atoms. The van der Waals surface area contributed by atoms with E-state index in [9.17, 15) is 0 Å². The van der Waals surface area contributed by atoms with Crippen LogP contribution in [0.15, 0.2) is 47.5 Å². The maximum Gasteiger partial charge on any atom is 0.227 e. The van der Waals surface area contributed by atoms with Crippen molar-refractivity contribution in [2.75, 3.05) is 13.4 Å². The van der Waals surface area contributed by atoms with E-state index in [4.69, 9.17) is 19.4 Å². The van der Waals surface area contributed by atoms with Crippen molar-refractivity contribution >= 4 is 11.8 Å². The van der Waals surface area contributed by atoms with Crippen molar-refractivity contribution in [1.82, 2.24) is 9.97 Å². The second-order valence-corrected chi connectivity index (χ2v) is 6.71. The van der Waals surface area contributed by atoms with E-state index in [1.165, 1.54) is 5.56 Å². The molecule has 0 unspecified atom stereocenters. The van der Waals surface area contributed by atoms with Gasteiger partial charge in [0.1, 0.15) is 16.5 Å². The lowest BCUT2D eigenvalue weighted by Gasteiger charge is -2.22. The predicted octanol–water partition coefficient (Wildman–Crippen LogP) is 4.88. The van der Waals surface area contributed by atoms with Gasteiger partial charge in [-0.1, -0.05) is 18.2 Å². The first-order valence-corrected chi connectivity index (χ1v) is 9.27. The van der Waals surface area contributed by atoms with Crippen molar-refractivity contribution in [3.05, 3.63) is 59.2 Å². The summed E-state index contributed by atoms with van der Waals surface area (Å²) in [5.41, 5.74) is 4.31. The maximum atomic E-state index is 6.17. The van der Waals surface area contributed by atoms with E-state index in [1.54, 1.807) is 18.9 Å². The molecule has 0 fully saturated rings. The molecular formula is C20H18N2O2S. The van der Waals surface area contributed by atoms with Crippen LogP contribution >= 0.6 is 11.8 Å². The highest BCUT2D eigenvalue weighted by Gasteiger charge is 2.24. The Balaban J connectivity index is 1.80. The first kappa shape index (κ1) is 16.0. The molecule has 0 spiro atoms. The number of methoxy groups -OCH3 is 1. The molecule has 0 saturated heterocycles. The fraction of sp³-hybridized carbons (Fsp3) is 0.200. The fourth-order valence-electron chi connectivity index (χ4n) is 3.00. The van der Waals surface area contributed by atoms with Crippen molar-refractivity contribution in [1.29, 1.82) is 0 Å². The van der Waals surface area contributed by atoms with Crippen LogP contribution in [0.1, 0.15) is 16.7 Å². The Bertz CT molecular complexity index is 939. The molecule has 4 nitrogen and oxygen atoms in total. The SMILES string of the molecule is COc1ccc(-c2nc3c(c(SC)n2)Cc2cccc(C)c2O3)cc1. The molecule has 0 atom stereocenters.